The fourth-order valence-electron chi connectivity index (χ4n) is 0.896. The third-order valence-electron chi connectivity index (χ3n) is 1.59. The van der Waals surface area contributed by atoms with Gasteiger partial charge in [0.25, 0.3) is 0 Å². The lowest BCUT2D eigenvalue weighted by Gasteiger charge is -2.05. The third kappa shape index (κ3) is 1.65. The van der Waals surface area contributed by atoms with Crippen molar-refractivity contribution < 1.29 is 5.11 Å². The van der Waals surface area contributed by atoms with E-state index in [1.165, 1.54) is 0 Å². The second-order valence-electron chi connectivity index (χ2n) is 2.29. The molecule has 0 spiro atoms. The first-order valence-corrected chi connectivity index (χ1v) is 4.29. The molecule has 0 saturated heterocycles. The van der Waals surface area contributed by atoms with Crippen LogP contribution in [-0.2, 0) is 6.42 Å². The first-order chi connectivity index (χ1) is 5.16. The number of benzene rings is 1. The second kappa shape index (κ2) is 3.41. The van der Waals surface area contributed by atoms with Crippen LogP contribution in [0.15, 0.2) is 21.9 Å². The van der Waals surface area contributed by atoms with Crippen LogP contribution in [0, 0.1) is 0 Å². The van der Waals surface area contributed by atoms with Gasteiger partial charge in [-0.15, -0.1) is 25.3 Å². The summed E-state index contributed by atoms with van der Waals surface area (Å²) in [4.78, 5) is 1.34. The van der Waals surface area contributed by atoms with E-state index >= 15 is 0 Å². The number of phenolic OH excluding ortho intramolecular Hbond substituents is 1. The Morgan fingerprint density at radius 2 is 1.91 bits per heavy atom. The number of aromatic hydroxyl groups is 1. The van der Waals surface area contributed by atoms with Gasteiger partial charge in [0.1, 0.15) is 5.75 Å². The van der Waals surface area contributed by atoms with Crippen LogP contribution in [0.1, 0.15) is 12.5 Å². The van der Waals surface area contributed by atoms with E-state index in [1.807, 2.05) is 13.0 Å². The molecule has 1 aromatic rings. The Morgan fingerprint density at radius 1 is 1.27 bits per heavy atom. The maximum absolute atomic E-state index is 9.19. The molecule has 0 amide bonds. The Hall–Kier alpha value is -0.280. The van der Waals surface area contributed by atoms with Gasteiger partial charge in [-0.2, -0.15) is 0 Å². The molecule has 0 saturated carbocycles. The van der Waals surface area contributed by atoms with Gasteiger partial charge in [0, 0.05) is 4.90 Å². The van der Waals surface area contributed by atoms with Crippen LogP contribution in [0.5, 0.6) is 5.75 Å². The number of thiol groups is 2. The van der Waals surface area contributed by atoms with E-state index < -0.39 is 0 Å². The van der Waals surface area contributed by atoms with Crippen molar-refractivity contribution in [3.8, 4) is 5.75 Å². The Morgan fingerprint density at radius 3 is 2.45 bits per heavy atom. The molecule has 0 unspecified atom stereocenters. The summed E-state index contributed by atoms with van der Waals surface area (Å²) in [5, 5.41) is 9.19. The van der Waals surface area contributed by atoms with Gasteiger partial charge >= 0.3 is 0 Å². The summed E-state index contributed by atoms with van der Waals surface area (Å²) in [6.07, 6.45) is 0.909. The van der Waals surface area contributed by atoms with Crippen LogP contribution in [0.3, 0.4) is 0 Å². The van der Waals surface area contributed by atoms with Crippen molar-refractivity contribution in [2.24, 2.45) is 0 Å². The average molecular weight is 186 g/mol. The van der Waals surface area contributed by atoms with Crippen molar-refractivity contribution in [2.45, 2.75) is 23.1 Å². The lowest BCUT2D eigenvalue weighted by Crippen LogP contribution is -1.84. The summed E-state index contributed by atoms with van der Waals surface area (Å²) in [5.41, 5.74) is 1.11. The lowest BCUT2D eigenvalue weighted by atomic mass is 10.2. The van der Waals surface area contributed by atoms with E-state index in [2.05, 4.69) is 25.3 Å². The zero-order valence-electron chi connectivity index (χ0n) is 6.20. The largest absolute Gasteiger partial charge is 0.507 e. The summed E-state index contributed by atoms with van der Waals surface area (Å²) in [6, 6.07) is 3.50. The van der Waals surface area contributed by atoms with Crippen LogP contribution in [0.25, 0.3) is 0 Å². The van der Waals surface area contributed by atoms with Gasteiger partial charge in [0.2, 0.25) is 0 Å². The van der Waals surface area contributed by atoms with Crippen molar-refractivity contribution in [3.05, 3.63) is 17.7 Å². The van der Waals surface area contributed by atoms with Gasteiger partial charge in [-0.3, -0.25) is 0 Å². The maximum atomic E-state index is 9.19. The Labute approximate surface area is 77.3 Å². The minimum absolute atomic E-state index is 0.190. The minimum Gasteiger partial charge on any atom is -0.507 e. The highest BCUT2D eigenvalue weighted by atomic mass is 32.1. The average Bonchev–Trinajstić information content (AvgIpc) is 2.01. The number of hydrogen-bond acceptors (Lipinski definition) is 3. The van der Waals surface area contributed by atoms with E-state index in [-0.39, 0.29) is 5.75 Å². The summed E-state index contributed by atoms with van der Waals surface area (Å²) in [7, 11) is 0. The lowest BCUT2D eigenvalue weighted by molar-refractivity contribution is 0.459. The van der Waals surface area contributed by atoms with Crippen molar-refractivity contribution in [1.29, 1.82) is 0 Å². The highest BCUT2D eigenvalue weighted by molar-refractivity contribution is 7.83. The van der Waals surface area contributed by atoms with E-state index in [0.717, 1.165) is 16.9 Å². The molecular weight excluding hydrogens is 176 g/mol. The minimum atomic E-state index is 0.190. The highest BCUT2D eigenvalue weighted by Gasteiger charge is 2.04. The van der Waals surface area contributed by atoms with Gasteiger partial charge < -0.3 is 5.11 Å². The predicted molar refractivity (Wildman–Crippen MR) is 52.0 cm³/mol. The van der Waals surface area contributed by atoms with E-state index in [1.54, 1.807) is 6.07 Å². The maximum Gasteiger partial charge on any atom is 0.130 e. The molecule has 0 atom stereocenters. The van der Waals surface area contributed by atoms with E-state index in [4.69, 9.17) is 0 Å². The summed E-state index contributed by atoms with van der Waals surface area (Å²) in [5.74, 6) is 0.190. The summed E-state index contributed by atoms with van der Waals surface area (Å²) < 4.78 is 0. The summed E-state index contributed by atoms with van der Waals surface area (Å²) in [6.45, 7) is 2.04. The standard InChI is InChI=1S/C8H10OS2/c1-2-5-3-4-6(9)8(11)7(5)10/h3-4,9-11H,2H2,1H3. The molecule has 0 bridgehead atoms. The number of phenols is 1. The first-order valence-electron chi connectivity index (χ1n) is 3.39. The molecule has 0 fully saturated rings. The van der Waals surface area contributed by atoms with Crippen LogP contribution in [-0.4, -0.2) is 5.11 Å². The Balaban J connectivity index is 3.25. The van der Waals surface area contributed by atoms with Gasteiger partial charge in [-0.05, 0) is 18.1 Å². The smallest absolute Gasteiger partial charge is 0.130 e. The topological polar surface area (TPSA) is 20.2 Å². The monoisotopic (exact) mass is 186 g/mol. The molecule has 0 aromatic heterocycles. The molecule has 60 valence electrons. The van der Waals surface area contributed by atoms with Crippen LogP contribution in [0.2, 0.25) is 0 Å². The third-order valence-corrected chi connectivity index (χ3v) is 2.73. The van der Waals surface area contributed by atoms with Gasteiger partial charge in [0.05, 0.1) is 4.90 Å². The fraction of sp³-hybridized carbons (Fsp3) is 0.250. The zero-order valence-corrected chi connectivity index (χ0v) is 7.99. The Kier molecular flexibility index (Phi) is 2.73. The fourth-order valence-corrected chi connectivity index (χ4v) is 1.46. The molecule has 0 aliphatic carbocycles. The molecule has 1 N–H and O–H groups in total. The molecule has 11 heavy (non-hydrogen) atoms. The molecule has 0 aliphatic rings. The number of aryl methyl sites for hydroxylation is 1. The van der Waals surface area contributed by atoms with Crippen molar-refractivity contribution in [2.75, 3.05) is 0 Å². The van der Waals surface area contributed by atoms with E-state index in [0.29, 0.717) is 4.90 Å². The molecule has 0 aliphatic heterocycles. The molecule has 3 heteroatoms. The number of hydrogen-bond donors (Lipinski definition) is 3. The molecule has 1 nitrogen and oxygen atoms in total. The first kappa shape index (κ1) is 8.81. The van der Waals surface area contributed by atoms with Crippen LogP contribution in [0.4, 0.5) is 0 Å². The summed E-state index contributed by atoms with van der Waals surface area (Å²) >= 11 is 8.33. The second-order valence-corrected chi connectivity index (χ2v) is 3.19. The van der Waals surface area contributed by atoms with Gasteiger partial charge in [-0.25, -0.2) is 0 Å². The van der Waals surface area contributed by atoms with Gasteiger partial charge in [0.15, 0.2) is 0 Å². The molecule has 1 rings (SSSR count). The normalized spacial score (nSPS) is 10.1. The quantitative estimate of drug-likeness (QED) is 0.576. The molecular formula is C8H10OS2. The zero-order chi connectivity index (χ0) is 8.43. The van der Waals surface area contributed by atoms with Crippen LogP contribution >= 0.6 is 25.3 Å². The number of rotatable bonds is 1. The molecule has 0 heterocycles. The van der Waals surface area contributed by atoms with Gasteiger partial charge in [-0.1, -0.05) is 13.0 Å². The van der Waals surface area contributed by atoms with Crippen molar-refractivity contribution >= 4 is 25.3 Å². The van der Waals surface area contributed by atoms with Crippen molar-refractivity contribution in [3.63, 3.8) is 0 Å². The van der Waals surface area contributed by atoms with Crippen molar-refractivity contribution in [1.82, 2.24) is 0 Å². The SMILES string of the molecule is CCc1ccc(O)c(S)c1S. The predicted octanol–water partition coefficient (Wildman–Crippen LogP) is 2.53. The molecule has 1 aromatic carbocycles. The van der Waals surface area contributed by atoms with Crippen LogP contribution < -0.4 is 0 Å². The molecule has 0 radical (unpaired) electrons. The van der Waals surface area contributed by atoms with E-state index in [9.17, 15) is 5.11 Å². The highest BCUT2D eigenvalue weighted by Crippen LogP contribution is 2.30. The Bertz CT molecular complexity index is 271.